The fourth-order valence-corrected chi connectivity index (χ4v) is 3.84. The van der Waals surface area contributed by atoms with Gasteiger partial charge in [-0.05, 0) is 49.5 Å². The van der Waals surface area contributed by atoms with Gasteiger partial charge >= 0.3 is 5.97 Å². The standard InChI is InChI=1S/C19H24N2O.C7H5FO2/c1-3-20(4-2)13-15(22)14-21-18-11-7-5-9-16(18)17-10-6-8-12-19(17)21;8-6-3-1-5(2-4-6)7(9)10/h5-12,15,22H,3-4,13-14H2,1-2H3;1-4H,(H,9,10). The van der Waals surface area contributed by atoms with Crippen LogP contribution in [0.15, 0.2) is 72.8 Å². The van der Waals surface area contributed by atoms with Gasteiger partial charge in [0.05, 0.1) is 18.2 Å². The molecule has 168 valence electrons. The molecule has 0 fully saturated rings. The average molecular weight is 437 g/mol. The average Bonchev–Trinajstić information content (AvgIpc) is 3.12. The minimum atomic E-state index is -1.04. The number of hydrogen-bond donors (Lipinski definition) is 2. The number of halogens is 1. The number of carboxylic acid groups (broad SMARTS) is 1. The van der Waals surface area contributed by atoms with Gasteiger partial charge in [-0.1, -0.05) is 50.2 Å². The van der Waals surface area contributed by atoms with E-state index in [-0.39, 0.29) is 11.7 Å². The van der Waals surface area contributed by atoms with Gasteiger partial charge in [0.25, 0.3) is 0 Å². The van der Waals surface area contributed by atoms with Crippen molar-refractivity contribution in [1.82, 2.24) is 9.47 Å². The summed E-state index contributed by atoms with van der Waals surface area (Å²) in [7, 11) is 0. The summed E-state index contributed by atoms with van der Waals surface area (Å²) < 4.78 is 14.4. The summed E-state index contributed by atoms with van der Waals surface area (Å²) in [5.74, 6) is -1.47. The molecule has 0 aliphatic carbocycles. The number of aromatic carboxylic acids is 1. The van der Waals surface area contributed by atoms with Crippen LogP contribution in [0.4, 0.5) is 4.39 Å². The smallest absolute Gasteiger partial charge is 0.335 e. The van der Waals surface area contributed by atoms with Crippen molar-refractivity contribution in [3.8, 4) is 0 Å². The Morgan fingerprint density at radius 3 is 1.88 bits per heavy atom. The third kappa shape index (κ3) is 5.52. The van der Waals surface area contributed by atoms with Crippen LogP contribution in [0.3, 0.4) is 0 Å². The summed E-state index contributed by atoms with van der Waals surface area (Å²) in [6, 6.07) is 21.5. The molecule has 0 saturated carbocycles. The minimum absolute atomic E-state index is 0.0985. The quantitative estimate of drug-likeness (QED) is 0.427. The SMILES string of the molecule is CCN(CC)CC(O)Cn1c2ccccc2c2ccccc21.O=C(O)c1ccc(F)cc1. The first-order valence-electron chi connectivity index (χ1n) is 10.8. The molecule has 1 heterocycles. The monoisotopic (exact) mass is 436 g/mol. The number of aliphatic hydroxyl groups is 1. The number of aliphatic hydroxyl groups excluding tert-OH is 1. The highest BCUT2D eigenvalue weighted by atomic mass is 19.1. The lowest BCUT2D eigenvalue weighted by Crippen LogP contribution is -2.34. The first kappa shape index (κ1) is 23.4. The highest BCUT2D eigenvalue weighted by molar-refractivity contribution is 6.07. The van der Waals surface area contributed by atoms with Gasteiger partial charge in [0.1, 0.15) is 5.82 Å². The maximum Gasteiger partial charge on any atom is 0.335 e. The molecule has 4 rings (SSSR count). The minimum Gasteiger partial charge on any atom is -0.478 e. The van der Waals surface area contributed by atoms with E-state index in [9.17, 15) is 14.3 Å². The fraction of sp³-hybridized carbons (Fsp3) is 0.269. The van der Waals surface area contributed by atoms with Gasteiger partial charge in [0, 0.05) is 28.4 Å². The van der Waals surface area contributed by atoms with Crippen molar-refractivity contribution in [2.45, 2.75) is 26.5 Å². The topological polar surface area (TPSA) is 65.7 Å². The molecule has 0 saturated heterocycles. The van der Waals surface area contributed by atoms with Crippen molar-refractivity contribution >= 4 is 27.8 Å². The van der Waals surface area contributed by atoms with E-state index in [1.165, 1.54) is 33.9 Å². The number of carbonyl (C=O) groups is 1. The Hall–Kier alpha value is -3.22. The Bertz CT molecular complexity index is 1110. The lowest BCUT2D eigenvalue weighted by atomic mass is 10.2. The summed E-state index contributed by atoms with van der Waals surface area (Å²) in [6.07, 6.45) is -0.362. The molecule has 4 aromatic rings. The van der Waals surface area contributed by atoms with Crippen LogP contribution >= 0.6 is 0 Å². The van der Waals surface area contributed by atoms with Crippen molar-refractivity contribution in [2.75, 3.05) is 19.6 Å². The van der Waals surface area contributed by atoms with E-state index in [1.807, 2.05) is 0 Å². The van der Waals surface area contributed by atoms with E-state index in [4.69, 9.17) is 5.11 Å². The molecule has 6 heteroatoms. The van der Waals surface area contributed by atoms with Gasteiger partial charge in [0.15, 0.2) is 0 Å². The first-order chi connectivity index (χ1) is 15.4. The summed E-state index contributed by atoms with van der Waals surface area (Å²) in [6.45, 7) is 7.56. The van der Waals surface area contributed by atoms with Gasteiger partial charge in [-0.25, -0.2) is 9.18 Å². The lowest BCUT2D eigenvalue weighted by molar-refractivity contribution is 0.0696. The summed E-state index contributed by atoms with van der Waals surface area (Å²) in [4.78, 5) is 12.5. The third-order valence-corrected chi connectivity index (χ3v) is 5.53. The van der Waals surface area contributed by atoms with Crippen LogP contribution in [-0.4, -0.2) is 51.4 Å². The normalized spacial score (nSPS) is 12.0. The zero-order chi connectivity index (χ0) is 23.1. The summed E-state index contributed by atoms with van der Waals surface area (Å²) in [5.41, 5.74) is 2.49. The second-order valence-corrected chi connectivity index (χ2v) is 7.60. The predicted molar refractivity (Wildman–Crippen MR) is 127 cm³/mol. The molecule has 0 bridgehead atoms. The van der Waals surface area contributed by atoms with E-state index in [0.29, 0.717) is 13.1 Å². The number of rotatable bonds is 7. The van der Waals surface area contributed by atoms with Crippen LogP contribution in [0.1, 0.15) is 24.2 Å². The Balaban J connectivity index is 0.000000243. The fourth-order valence-electron chi connectivity index (χ4n) is 3.84. The van der Waals surface area contributed by atoms with E-state index in [2.05, 4.69) is 71.8 Å². The molecule has 3 aromatic carbocycles. The van der Waals surface area contributed by atoms with Crippen LogP contribution in [0, 0.1) is 5.82 Å². The van der Waals surface area contributed by atoms with E-state index >= 15 is 0 Å². The highest BCUT2D eigenvalue weighted by Gasteiger charge is 2.14. The van der Waals surface area contributed by atoms with Crippen LogP contribution in [0.25, 0.3) is 21.8 Å². The second kappa shape index (κ2) is 10.9. The zero-order valence-corrected chi connectivity index (χ0v) is 18.4. The molecule has 0 aliphatic heterocycles. The number of carboxylic acids is 1. The van der Waals surface area contributed by atoms with Crippen molar-refractivity contribution in [3.63, 3.8) is 0 Å². The number of nitrogens with zero attached hydrogens (tertiary/aromatic N) is 2. The summed E-state index contributed by atoms with van der Waals surface area (Å²) in [5, 5.41) is 21.4. The Kier molecular flexibility index (Phi) is 7.98. The van der Waals surface area contributed by atoms with Gasteiger partial charge in [0.2, 0.25) is 0 Å². The Labute approximate surface area is 187 Å². The van der Waals surface area contributed by atoms with Crippen molar-refractivity contribution in [1.29, 1.82) is 0 Å². The molecule has 2 N–H and O–H groups in total. The second-order valence-electron chi connectivity index (χ2n) is 7.60. The van der Waals surface area contributed by atoms with Crippen LogP contribution in [0.2, 0.25) is 0 Å². The number of aromatic nitrogens is 1. The van der Waals surface area contributed by atoms with E-state index in [1.54, 1.807) is 0 Å². The molecule has 0 spiro atoms. The number of benzene rings is 3. The molecular weight excluding hydrogens is 407 g/mol. The number of likely N-dealkylation sites (N-methyl/N-ethyl adjacent to an activating group) is 1. The first-order valence-corrected chi connectivity index (χ1v) is 10.8. The molecule has 0 radical (unpaired) electrons. The number of para-hydroxylation sites is 2. The van der Waals surface area contributed by atoms with Gasteiger partial charge < -0.3 is 19.7 Å². The molecule has 1 unspecified atom stereocenters. The molecule has 5 nitrogen and oxygen atoms in total. The molecule has 1 atom stereocenters. The van der Waals surface area contributed by atoms with Crippen molar-refractivity contribution < 1.29 is 19.4 Å². The summed E-state index contributed by atoms with van der Waals surface area (Å²) >= 11 is 0. The number of fused-ring (bicyclic) bond motifs is 3. The predicted octanol–water partition coefficient (Wildman–Crippen LogP) is 5.02. The third-order valence-electron chi connectivity index (χ3n) is 5.53. The molecule has 32 heavy (non-hydrogen) atoms. The number of hydrogen-bond acceptors (Lipinski definition) is 3. The maximum atomic E-state index is 12.2. The Morgan fingerprint density at radius 2 is 1.41 bits per heavy atom. The molecule has 0 amide bonds. The van der Waals surface area contributed by atoms with Crippen LogP contribution < -0.4 is 0 Å². The maximum absolute atomic E-state index is 12.2. The largest absolute Gasteiger partial charge is 0.478 e. The van der Waals surface area contributed by atoms with E-state index in [0.717, 1.165) is 25.2 Å². The highest BCUT2D eigenvalue weighted by Crippen LogP contribution is 2.28. The molecule has 0 aliphatic rings. The van der Waals surface area contributed by atoms with Crippen molar-refractivity contribution in [2.24, 2.45) is 0 Å². The van der Waals surface area contributed by atoms with Gasteiger partial charge in [-0.2, -0.15) is 0 Å². The molecule has 1 aromatic heterocycles. The molecular formula is C26H29FN2O3. The van der Waals surface area contributed by atoms with Crippen LogP contribution in [0.5, 0.6) is 0 Å². The van der Waals surface area contributed by atoms with Gasteiger partial charge in [-0.3, -0.25) is 0 Å². The van der Waals surface area contributed by atoms with Crippen LogP contribution in [-0.2, 0) is 6.54 Å². The Morgan fingerprint density at radius 1 is 0.906 bits per heavy atom. The lowest BCUT2D eigenvalue weighted by Gasteiger charge is -2.22. The van der Waals surface area contributed by atoms with Crippen molar-refractivity contribution in [3.05, 3.63) is 84.2 Å². The zero-order valence-electron chi connectivity index (χ0n) is 18.4. The van der Waals surface area contributed by atoms with E-state index < -0.39 is 11.8 Å². The van der Waals surface area contributed by atoms with Gasteiger partial charge in [-0.15, -0.1) is 0 Å².